The average Bonchev–Trinajstić information content (AvgIpc) is 3.14. The number of carbonyl (C=O) groups excluding carboxylic acids is 1. The molecule has 1 aromatic carbocycles. The van der Waals surface area contributed by atoms with E-state index < -0.39 is 6.08 Å². The maximum Gasteiger partial charge on any atom is 0.266 e. The highest BCUT2D eigenvalue weighted by atomic mass is 19.3. The average molecular weight is 441 g/mol. The summed E-state index contributed by atoms with van der Waals surface area (Å²) in [5.41, 5.74) is 4.59. The number of hydrogen-bond acceptors (Lipinski definition) is 2. The van der Waals surface area contributed by atoms with Gasteiger partial charge in [0.15, 0.2) is 5.78 Å². The van der Waals surface area contributed by atoms with Crippen LogP contribution in [0.15, 0.2) is 71.4 Å². The minimum Gasteiger partial charge on any atom is -0.377 e. The Morgan fingerprint density at radius 2 is 1.75 bits per heavy atom. The fourth-order valence-electron chi connectivity index (χ4n) is 6.52. The van der Waals surface area contributed by atoms with Gasteiger partial charge in [-0.2, -0.15) is 8.78 Å². The summed E-state index contributed by atoms with van der Waals surface area (Å²) >= 11 is 0. The van der Waals surface area contributed by atoms with Crippen LogP contribution in [-0.2, 0) is 9.53 Å². The van der Waals surface area contributed by atoms with Crippen LogP contribution >= 0.6 is 0 Å². The van der Waals surface area contributed by atoms with Gasteiger partial charge in [0, 0.05) is 6.42 Å². The van der Waals surface area contributed by atoms with Gasteiger partial charge in [0.25, 0.3) is 6.08 Å². The Morgan fingerprint density at radius 3 is 2.44 bits per heavy atom. The lowest BCUT2D eigenvalue weighted by atomic mass is 9.57. The number of fused-ring (bicyclic) bond motifs is 4. The molecule has 0 aliphatic heterocycles. The van der Waals surface area contributed by atoms with Crippen molar-refractivity contribution in [2.45, 2.75) is 70.8 Å². The highest BCUT2D eigenvalue weighted by Crippen LogP contribution is 2.60. The van der Waals surface area contributed by atoms with Crippen LogP contribution in [0.5, 0.6) is 0 Å². The molecular weight excluding hydrogens is 406 g/mol. The Morgan fingerprint density at radius 1 is 1.03 bits per heavy atom. The number of halogens is 2. The van der Waals surface area contributed by atoms with E-state index in [1.165, 1.54) is 17.6 Å². The second-order valence-electron chi connectivity index (χ2n) is 9.77. The van der Waals surface area contributed by atoms with Gasteiger partial charge in [0.2, 0.25) is 0 Å². The van der Waals surface area contributed by atoms with Crippen molar-refractivity contribution in [2.24, 2.45) is 17.3 Å². The van der Waals surface area contributed by atoms with Crippen molar-refractivity contribution in [1.29, 1.82) is 0 Å². The molecule has 0 aromatic heterocycles. The van der Waals surface area contributed by atoms with Crippen LogP contribution in [-0.4, -0.2) is 18.5 Å². The summed E-state index contributed by atoms with van der Waals surface area (Å²) in [6.07, 6.45) is 9.96. The van der Waals surface area contributed by atoms with Gasteiger partial charge >= 0.3 is 0 Å². The Kier molecular flexibility index (Phi) is 7.40. The molecule has 0 heterocycles. The molecule has 5 rings (SSSR count). The third kappa shape index (κ3) is 4.96. The van der Waals surface area contributed by atoms with Crippen LogP contribution in [0.1, 0.15) is 64.7 Å². The summed E-state index contributed by atoms with van der Waals surface area (Å²) in [4.78, 5) is 11.8. The van der Waals surface area contributed by atoms with Crippen LogP contribution in [0, 0.1) is 17.3 Å². The first-order chi connectivity index (χ1) is 15.5. The van der Waals surface area contributed by atoms with Crippen LogP contribution in [0.4, 0.5) is 8.78 Å². The van der Waals surface area contributed by atoms with Gasteiger partial charge < -0.3 is 4.74 Å². The molecule has 0 radical (unpaired) electrons. The molecule has 4 aliphatic rings. The number of rotatable bonds is 4. The Bertz CT molecular complexity index is 871. The van der Waals surface area contributed by atoms with Crippen molar-refractivity contribution in [3.8, 4) is 0 Å². The van der Waals surface area contributed by atoms with Crippen LogP contribution in [0.25, 0.3) is 0 Å². The van der Waals surface area contributed by atoms with Crippen molar-refractivity contribution in [1.82, 2.24) is 0 Å². The monoisotopic (exact) mass is 440 g/mol. The molecule has 0 amide bonds. The Hall–Kier alpha value is -2.07. The van der Waals surface area contributed by atoms with Crippen molar-refractivity contribution in [2.75, 3.05) is 6.61 Å². The number of allylic oxidation sites excluding steroid dienone is 4. The minimum absolute atomic E-state index is 0.165. The van der Waals surface area contributed by atoms with Crippen LogP contribution in [0.2, 0.25) is 0 Å². The molecule has 4 unspecified atom stereocenters. The van der Waals surface area contributed by atoms with E-state index in [1.54, 1.807) is 5.57 Å². The van der Waals surface area contributed by atoms with Crippen molar-refractivity contribution in [3.63, 3.8) is 0 Å². The molecule has 172 valence electrons. The summed E-state index contributed by atoms with van der Waals surface area (Å²) in [7, 11) is 0. The third-order valence-electron chi connectivity index (χ3n) is 8.05. The quantitative estimate of drug-likeness (QED) is 0.455. The molecule has 4 heteroatoms. The van der Waals surface area contributed by atoms with E-state index in [4.69, 9.17) is 4.74 Å². The van der Waals surface area contributed by atoms with Crippen LogP contribution < -0.4 is 0 Å². The van der Waals surface area contributed by atoms with E-state index in [0.29, 0.717) is 31.3 Å². The van der Waals surface area contributed by atoms with Crippen molar-refractivity contribution in [3.05, 3.63) is 71.4 Å². The number of hydrogen-bond donors (Lipinski definition) is 0. The van der Waals surface area contributed by atoms with Gasteiger partial charge in [-0.25, -0.2) is 0 Å². The molecule has 0 spiro atoms. The highest BCUT2D eigenvalue weighted by molar-refractivity contribution is 5.93. The van der Waals surface area contributed by atoms with E-state index in [0.717, 1.165) is 44.6 Å². The molecule has 32 heavy (non-hydrogen) atoms. The standard InChI is InChI=1S/C22H28F2O2.C6H6/c1-22-11-10-17-16-7-5-15(25)13-14(16)4-6-18(17)19(22)8-9-20(22)26-12-2-3-21(23)24;1-2-4-6-5-3-1/h3,13,18-20H,2,4-12H2,1H3;1-6H. The summed E-state index contributed by atoms with van der Waals surface area (Å²) in [6.45, 7) is 2.75. The zero-order valence-corrected chi connectivity index (χ0v) is 19.0. The third-order valence-corrected chi connectivity index (χ3v) is 8.05. The molecule has 2 nitrogen and oxygen atoms in total. The molecule has 0 saturated heterocycles. The van der Waals surface area contributed by atoms with Gasteiger partial charge in [-0.1, -0.05) is 48.9 Å². The fourth-order valence-corrected chi connectivity index (χ4v) is 6.52. The molecule has 4 aliphatic carbocycles. The Labute approximate surface area is 190 Å². The smallest absolute Gasteiger partial charge is 0.266 e. The van der Waals surface area contributed by atoms with Gasteiger partial charge in [-0.3, -0.25) is 4.79 Å². The number of benzene rings is 1. The number of carbonyl (C=O) groups is 1. The maximum atomic E-state index is 12.2. The largest absolute Gasteiger partial charge is 0.377 e. The lowest BCUT2D eigenvalue weighted by molar-refractivity contribution is -0.114. The number of ketones is 1. The topological polar surface area (TPSA) is 26.3 Å². The second-order valence-corrected chi connectivity index (χ2v) is 9.77. The summed E-state index contributed by atoms with van der Waals surface area (Å²) in [6, 6.07) is 12.0. The lowest BCUT2D eigenvalue weighted by Gasteiger charge is -2.49. The van der Waals surface area contributed by atoms with Crippen molar-refractivity contribution >= 4 is 5.78 Å². The van der Waals surface area contributed by atoms with E-state index in [9.17, 15) is 13.6 Å². The molecule has 2 fully saturated rings. The SMILES string of the molecule is CC12CCC3=C4CCC(=O)C=C4CCC3C1CCC2OCCC=C(F)F.c1ccccc1. The van der Waals surface area contributed by atoms with E-state index >= 15 is 0 Å². The van der Waals surface area contributed by atoms with E-state index in [1.807, 2.05) is 42.5 Å². The molecule has 0 N–H and O–H groups in total. The van der Waals surface area contributed by atoms with Gasteiger partial charge in [0.1, 0.15) is 0 Å². The maximum absolute atomic E-state index is 12.2. The summed E-state index contributed by atoms with van der Waals surface area (Å²) in [5, 5.41) is 0. The summed E-state index contributed by atoms with van der Waals surface area (Å²) < 4.78 is 30.5. The normalized spacial score (nSPS) is 30.9. The highest BCUT2D eigenvalue weighted by Gasteiger charge is 2.54. The second kappa shape index (κ2) is 10.2. The summed E-state index contributed by atoms with van der Waals surface area (Å²) in [5.74, 6) is 1.55. The van der Waals surface area contributed by atoms with Gasteiger partial charge in [0.05, 0.1) is 12.7 Å². The molecule has 1 aromatic rings. The molecular formula is C28H34F2O2. The molecule has 0 bridgehead atoms. The zero-order chi connectivity index (χ0) is 22.6. The first kappa shape index (κ1) is 23.1. The number of ether oxygens (including phenoxy) is 1. The molecule has 2 saturated carbocycles. The molecule has 4 atom stereocenters. The predicted molar refractivity (Wildman–Crippen MR) is 123 cm³/mol. The van der Waals surface area contributed by atoms with Gasteiger partial charge in [-0.15, -0.1) is 0 Å². The fraction of sp³-hybridized carbons (Fsp3) is 0.536. The van der Waals surface area contributed by atoms with E-state index in [2.05, 4.69) is 6.92 Å². The first-order valence-corrected chi connectivity index (χ1v) is 12.1. The minimum atomic E-state index is -1.62. The van der Waals surface area contributed by atoms with Crippen molar-refractivity contribution < 1.29 is 18.3 Å². The lowest BCUT2D eigenvalue weighted by Crippen LogP contribution is -2.43. The Balaban J connectivity index is 0.000000354. The van der Waals surface area contributed by atoms with Gasteiger partial charge in [-0.05, 0) is 91.9 Å². The predicted octanol–water partition coefficient (Wildman–Crippen LogP) is 7.43. The zero-order valence-electron chi connectivity index (χ0n) is 19.0. The van der Waals surface area contributed by atoms with Crippen LogP contribution in [0.3, 0.4) is 0 Å². The first-order valence-electron chi connectivity index (χ1n) is 12.1. The van der Waals surface area contributed by atoms with E-state index in [-0.39, 0.29) is 17.3 Å².